The van der Waals surface area contributed by atoms with Crippen LogP contribution in [0, 0.1) is 0 Å². The van der Waals surface area contributed by atoms with E-state index in [1.807, 2.05) is 0 Å². The van der Waals surface area contributed by atoms with Crippen LogP contribution in [0.25, 0.3) is 0 Å². The maximum absolute atomic E-state index is 6.00. The van der Waals surface area contributed by atoms with Gasteiger partial charge in [-0.1, -0.05) is 0 Å². The molecule has 0 aromatic carbocycles. The molecule has 0 aromatic heterocycles. The van der Waals surface area contributed by atoms with E-state index in [0.717, 1.165) is 0 Å². The molecule has 0 unspecified atom stereocenters. The molecule has 2 N–H and O–H groups in total. The Balaban J connectivity index is -0.00000000500. The van der Waals surface area contributed by atoms with Gasteiger partial charge in [-0.25, -0.2) is 0 Å². The van der Waals surface area contributed by atoms with E-state index in [4.69, 9.17) is 10.5 Å². The van der Waals surface area contributed by atoms with Crippen molar-refractivity contribution in [2.45, 2.75) is 0 Å². The third-order valence-corrected chi connectivity index (χ3v) is 0. The molecule has 0 fully saturated rings. The molecule has 0 radical (unpaired) electrons. The quantitative estimate of drug-likeness (QED) is 0.260. The van der Waals surface area contributed by atoms with E-state index in [2.05, 4.69) is 0 Å². The summed E-state index contributed by atoms with van der Waals surface area (Å²) < 4.78 is 0. The predicted molar refractivity (Wildman–Crippen MR) is 12.4 cm³/mol. The third kappa shape index (κ3) is 8.95. The molecule has 0 aliphatic rings. The van der Waals surface area contributed by atoms with Crippen molar-refractivity contribution in [1.29, 1.82) is 0 Å². The topological polar surface area (TPSA) is 40.5 Å². The summed E-state index contributed by atoms with van der Waals surface area (Å²) in [4.78, 5) is 0. The molecule has 2 nitrogen and oxygen atoms in total. The first kappa shape index (κ1) is 16.5. The molecule has 0 aromatic rings. The van der Waals surface area contributed by atoms with Crippen molar-refractivity contribution in [1.82, 2.24) is 0 Å². The second-order valence-electron chi connectivity index (χ2n) is 0. The average Bonchev–Trinajstić information content (AvgIpc) is 1.00. The Kier molecular flexibility index (Phi) is 80.9. The van der Waals surface area contributed by atoms with Crippen LogP contribution in [0.15, 0.2) is 0 Å². The minimum atomic E-state index is 0. The summed E-state index contributed by atoms with van der Waals surface area (Å²) in [6, 6.07) is 0. The summed E-state index contributed by atoms with van der Waals surface area (Å²) >= 11 is 0. The molecule has 0 aliphatic heterocycles. The van der Waals surface area contributed by atoms with Gasteiger partial charge in [0.1, 0.15) is 0 Å². The molecule has 0 atom stereocenters. The summed E-state index contributed by atoms with van der Waals surface area (Å²) in [5, 5.41) is 12.0. The Morgan fingerprint density at radius 1 is 1.00 bits per heavy atom. The molecule has 0 bridgehead atoms. The van der Waals surface area contributed by atoms with Crippen molar-refractivity contribution in [3.63, 3.8) is 0 Å². The van der Waals surface area contributed by atoms with Crippen LogP contribution in [0.1, 0.15) is 0 Å². The summed E-state index contributed by atoms with van der Waals surface area (Å²) in [7, 11) is 0. The van der Waals surface area contributed by atoms with Gasteiger partial charge in [-0.15, -0.1) is 0 Å². The van der Waals surface area contributed by atoms with E-state index in [1.54, 1.807) is 0 Å². The van der Waals surface area contributed by atoms with Gasteiger partial charge in [-0.2, -0.15) is 0 Å². The molecule has 4 heavy (non-hydrogen) atoms. The van der Waals surface area contributed by atoms with E-state index in [1.165, 1.54) is 0 Å². The zero-order chi connectivity index (χ0) is 2.00. The number of rotatable bonds is 0. The van der Waals surface area contributed by atoms with E-state index in [9.17, 15) is 0 Å². The Bertz CT molecular complexity index is 6.00. The minimum absolute atomic E-state index is 0. The van der Waals surface area contributed by atoms with Crippen molar-refractivity contribution in [2.75, 3.05) is 0 Å². The molecule has 0 heterocycles. The van der Waals surface area contributed by atoms with Gasteiger partial charge in [0.2, 0.25) is 0 Å². The molecule has 0 aliphatic carbocycles. The van der Waals surface area contributed by atoms with Gasteiger partial charge >= 0.3 is 51.4 Å². The van der Waals surface area contributed by atoms with Crippen LogP contribution < -0.4 is 0 Å². The summed E-state index contributed by atoms with van der Waals surface area (Å²) in [5.41, 5.74) is 0. The van der Waals surface area contributed by atoms with Crippen molar-refractivity contribution < 1.29 is 27.6 Å². The molecule has 4 heteroatoms. The van der Waals surface area contributed by atoms with Gasteiger partial charge in [0.05, 0.1) is 0 Å². The van der Waals surface area contributed by atoms with Gasteiger partial charge in [0.25, 0.3) is 0 Å². The fourth-order valence-corrected chi connectivity index (χ4v) is 0. The van der Waals surface area contributed by atoms with Crippen LogP contribution in [0.3, 0.4) is 0 Å². The van der Waals surface area contributed by atoms with Crippen molar-refractivity contribution in [3.8, 4) is 0 Å². The fourth-order valence-electron chi connectivity index (χ4n) is 0. The second-order valence-corrected chi connectivity index (χ2v) is 0. The van der Waals surface area contributed by atoms with E-state index < -0.39 is 0 Å². The van der Waals surface area contributed by atoms with Crippen molar-refractivity contribution >= 4 is 51.4 Å². The monoisotopic (exact) mass is 130 g/mol. The third-order valence-electron chi connectivity index (χ3n) is 0. The van der Waals surface area contributed by atoms with Gasteiger partial charge < -0.3 is 0 Å². The Morgan fingerprint density at radius 2 is 1.00 bits per heavy atom. The molecular weight excluding hydrogens is 127 g/mol. The first-order valence-electron chi connectivity index (χ1n) is 0.200. The normalized spacial score (nSPS) is 1.50. The van der Waals surface area contributed by atoms with Crippen molar-refractivity contribution in [2.24, 2.45) is 0 Å². The van der Waals surface area contributed by atoms with Crippen LogP contribution in [-0.2, 0) is 17.1 Å². The zero-order valence-electron chi connectivity index (χ0n) is 1.25. The van der Waals surface area contributed by atoms with Gasteiger partial charge in [0.15, 0.2) is 0 Å². The molecule has 0 rings (SSSR count). The molecule has 0 saturated heterocycles. The first-order valence-corrected chi connectivity index (χ1v) is 0.200. The first-order chi connectivity index (χ1) is 1.00. The Hall–Kier alpha value is 2.08. The van der Waals surface area contributed by atoms with Gasteiger partial charge in [-0.05, 0) is 0 Å². The molecule has 0 saturated carbocycles. The van der Waals surface area contributed by atoms with Crippen LogP contribution in [0.4, 0.5) is 0 Å². The standard InChI is InChI=1S/Fe.K.H2O2.H/c;;1-2;/h;;1-2H;. The predicted octanol–water partition coefficient (Wildman–Crippen LogP) is -0.634. The van der Waals surface area contributed by atoms with E-state index in [0.29, 0.717) is 0 Å². The molecular formula is H3FeKO2. The Labute approximate surface area is 77.4 Å². The maximum atomic E-state index is 6.00. The van der Waals surface area contributed by atoms with E-state index >= 15 is 0 Å². The summed E-state index contributed by atoms with van der Waals surface area (Å²) in [5.74, 6) is 0. The second kappa shape index (κ2) is 19.6. The Morgan fingerprint density at radius 3 is 1.00 bits per heavy atom. The molecule has 0 amide bonds. The van der Waals surface area contributed by atoms with Crippen LogP contribution in [0.2, 0.25) is 0 Å². The molecule has 0 spiro atoms. The van der Waals surface area contributed by atoms with Crippen molar-refractivity contribution in [3.05, 3.63) is 0 Å². The summed E-state index contributed by atoms with van der Waals surface area (Å²) in [6.07, 6.45) is 0. The van der Waals surface area contributed by atoms with Crippen LogP contribution in [0.5, 0.6) is 0 Å². The van der Waals surface area contributed by atoms with Gasteiger partial charge in [-0.3, -0.25) is 10.5 Å². The SMILES string of the molecule is OO.[Fe].[KH]. The molecule has 24 valence electrons. The number of hydrogen-bond acceptors (Lipinski definition) is 2. The zero-order valence-corrected chi connectivity index (χ0v) is 2.35. The number of hydrogen-bond donors (Lipinski definition) is 2. The van der Waals surface area contributed by atoms with Gasteiger partial charge in [0, 0.05) is 17.1 Å². The van der Waals surface area contributed by atoms with Crippen LogP contribution in [-0.4, -0.2) is 61.9 Å². The fraction of sp³-hybridized carbons (Fsp3) is 0. The average molecular weight is 130 g/mol. The van der Waals surface area contributed by atoms with E-state index in [-0.39, 0.29) is 68.5 Å². The summed E-state index contributed by atoms with van der Waals surface area (Å²) in [6.45, 7) is 0. The van der Waals surface area contributed by atoms with Crippen LogP contribution >= 0.6 is 0 Å².